The number of rotatable bonds is 6. The lowest BCUT2D eigenvalue weighted by Crippen LogP contribution is -2.25. The maximum absolute atomic E-state index is 12.6. The van der Waals surface area contributed by atoms with Crippen LogP contribution in [0.4, 0.5) is 0 Å². The molecular formula is C19H17N5O3S. The zero-order valence-corrected chi connectivity index (χ0v) is 15.6. The van der Waals surface area contributed by atoms with Crippen molar-refractivity contribution in [2.24, 2.45) is 0 Å². The van der Waals surface area contributed by atoms with Crippen LogP contribution in [0.2, 0.25) is 0 Å². The van der Waals surface area contributed by atoms with Crippen LogP contribution in [-0.2, 0) is 6.42 Å². The summed E-state index contributed by atoms with van der Waals surface area (Å²) in [4.78, 5) is 38.6. The summed E-state index contributed by atoms with van der Waals surface area (Å²) in [5.41, 5.74) is 2.65. The Bertz CT molecular complexity index is 1190. The van der Waals surface area contributed by atoms with E-state index in [1.807, 2.05) is 0 Å². The summed E-state index contributed by atoms with van der Waals surface area (Å²) < 4.78 is 11.5. The number of nitrogens with zero attached hydrogens (tertiary/aromatic N) is 2. The molecule has 1 amide bonds. The number of hydrogen-bond donors (Lipinski definition) is 3. The molecule has 0 saturated heterocycles. The molecular weight excluding hydrogens is 378 g/mol. The number of aromatic amines is 2. The summed E-state index contributed by atoms with van der Waals surface area (Å²) in [5, 5.41) is 6.01. The van der Waals surface area contributed by atoms with Crippen LogP contribution in [0.5, 0.6) is 0 Å². The van der Waals surface area contributed by atoms with E-state index in [2.05, 4.69) is 25.3 Å². The number of imidazole rings is 1. The average Bonchev–Trinajstić information content (AvgIpc) is 3.32. The molecule has 9 heteroatoms. The second-order valence-electron chi connectivity index (χ2n) is 6.23. The molecule has 0 aliphatic heterocycles. The van der Waals surface area contributed by atoms with E-state index in [0.29, 0.717) is 53.1 Å². The third-order valence-electron chi connectivity index (χ3n) is 4.34. The van der Waals surface area contributed by atoms with E-state index >= 15 is 0 Å². The van der Waals surface area contributed by atoms with Gasteiger partial charge in [0.1, 0.15) is 22.1 Å². The zero-order chi connectivity index (χ0) is 19.5. The average molecular weight is 395 g/mol. The third kappa shape index (κ3) is 3.71. The van der Waals surface area contributed by atoms with Crippen molar-refractivity contribution < 1.29 is 9.35 Å². The molecule has 28 heavy (non-hydrogen) atoms. The van der Waals surface area contributed by atoms with E-state index in [0.717, 1.165) is 0 Å². The summed E-state index contributed by atoms with van der Waals surface area (Å²) in [6, 6.07) is 6.89. The number of carbonyl (C=O) groups excluding carboxylic acids is 1. The molecule has 3 N–H and O–H groups in total. The maximum Gasteiger partial charge on any atom is 0.253 e. The largest absolute Gasteiger partial charge is 0.591 e. The Morgan fingerprint density at radius 2 is 2.18 bits per heavy atom. The monoisotopic (exact) mass is 395 g/mol. The zero-order valence-electron chi connectivity index (χ0n) is 14.8. The molecule has 1 atom stereocenters. The molecule has 4 heterocycles. The van der Waals surface area contributed by atoms with E-state index in [1.165, 1.54) is 0 Å². The Kier molecular flexibility index (Phi) is 5.00. The van der Waals surface area contributed by atoms with Crippen LogP contribution in [-0.4, -0.2) is 36.9 Å². The molecule has 0 spiro atoms. The van der Waals surface area contributed by atoms with Crippen molar-refractivity contribution in [3.05, 3.63) is 68.9 Å². The van der Waals surface area contributed by atoms with Crippen LogP contribution >= 0.6 is 10.8 Å². The van der Waals surface area contributed by atoms with Gasteiger partial charge in [0.05, 0.1) is 11.1 Å². The molecule has 142 valence electrons. The number of thiophene rings is 1. The molecule has 4 rings (SSSR count). The first-order chi connectivity index (χ1) is 13.6. The van der Waals surface area contributed by atoms with Crippen molar-refractivity contribution in [2.45, 2.75) is 12.8 Å². The first kappa shape index (κ1) is 18.1. The molecule has 0 radical (unpaired) electrons. The topological polar surface area (TPSA) is 127 Å². The van der Waals surface area contributed by atoms with Crippen molar-refractivity contribution in [3.63, 3.8) is 0 Å². The number of amides is 1. The van der Waals surface area contributed by atoms with Gasteiger partial charge in [-0.05, 0) is 25.0 Å². The van der Waals surface area contributed by atoms with Gasteiger partial charge in [0.25, 0.3) is 11.5 Å². The number of fused-ring (bicyclic) bond motifs is 1. The van der Waals surface area contributed by atoms with Crippen LogP contribution in [0.15, 0.2) is 52.2 Å². The first-order valence-corrected chi connectivity index (χ1v) is 9.99. The summed E-state index contributed by atoms with van der Waals surface area (Å²) in [5.74, 6) is 0.264. The summed E-state index contributed by atoms with van der Waals surface area (Å²) in [7, 11) is -1.14. The van der Waals surface area contributed by atoms with Crippen molar-refractivity contribution in [3.8, 4) is 11.4 Å². The summed E-state index contributed by atoms with van der Waals surface area (Å²) in [6.07, 6.45) is 4.35. The molecule has 0 bridgehead atoms. The van der Waals surface area contributed by atoms with Crippen molar-refractivity contribution in [1.82, 2.24) is 25.3 Å². The molecule has 1 unspecified atom stereocenters. The quantitative estimate of drug-likeness (QED) is 0.341. The number of H-pyrrole nitrogens is 2. The van der Waals surface area contributed by atoms with Gasteiger partial charge < -0.3 is 19.8 Å². The SMILES string of the molecule is O=C(NCCCc1ccc[nH]c1=O)c1ccnc2[nH]c(-c3cc[s+]([O-])c3)nc12. The molecule has 8 nitrogen and oxygen atoms in total. The van der Waals surface area contributed by atoms with Crippen LogP contribution in [0.1, 0.15) is 22.3 Å². The van der Waals surface area contributed by atoms with E-state index in [4.69, 9.17) is 0 Å². The van der Waals surface area contributed by atoms with Crippen molar-refractivity contribution >= 4 is 27.8 Å². The van der Waals surface area contributed by atoms with Gasteiger partial charge >= 0.3 is 0 Å². The van der Waals surface area contributed by atoms with Crippen LogP contribution < -0.4 is 10.9 Å². The maximum atomic E-state index is 12.6. The fraction of sp³-hybridized carbons (Fsp3) is 0.158. The first-order valence-electron chi connectivity index (χ1n) is 8.71. The summed E-state index contributed by atoms with van der Waals surface area (Å²) >= 11 is 0. The predicted molar refractivity (Wildman–Crippen MR) is 106 cm³/mol. The van der Waals surface area contributed by atoms with E-state index in [9.17, 15) is 14.1 Å². The molecule has 0 aliphatic carbocycles. The van der Waals surface area contributed by atoms with Crippen LogP contribution in [0, 0.1) is 0 Å². The Morgan fingerprint density at radius 1 is 1.29 bits per heavy atom. The van der Waals surface area contributed by atoms with Gasteiger partial charge in [-0.3, -0.25) is 9.59 Å². The smallest absolute Gasteiger partial charge is 0.253 e. The number of aryl methyl sites for hydroxylation is 1. The molecule has 4 aromatic rings. The lowest BCUT2D eigenvalue weighted by molar-refractivity contribution is 0.0954. The van der Waals surface area contributed by atoms with E-state index in [1.54, 1.807) is 47.4 Å². The lowest BCUT2D eigenvalue weighted by Gasteiger charge is -2.05. The van der Waals surface area contributed by atoms with Gasteiger partial charge in [-0.15, -0.1) is 0 Å². The number of hydrogen-bond acceptors (Lipinski definition) is 5. The lowest BCUT2D eigenvalue weighted by atomic mass is 10.1. The molecule has 0 saturated carbocycles. The highest BCUT2D eigenvalue weighted by molar-refractivity contribution is 7.22. The second kappa shape index (κ2) is 7.75. The normalized spacial score (nSPS) is 11.7. The van der Waals surface area contributed by atoms with Gasteiger partial charge in [0.2, 0.25) is 0 Å². The van der Waals surface area contributed by atoms with Crippen LogP contribution in [0.3, 0.4) is 0 Å². The Balaban J connectivity index is 1.46. The van der Waals surface area contributed by atoms with Gasteiger partial charge in [0.15, 0.2) is 5.65 Å². The van der Waals surface area contributed by atoms with Crippen LogP contribution in [0.25, 0.3) is 22.6 Å². The van der Waals surface area contributed by atoms with E-state index in [-0.39, 0.29) is 11.5 Å². The Morgan fingerprint density at radius 3 is 2.96 bits per heavy atom. The Hall–Kier alpha value is -3.30. The van der Waals surface area contributed by atoms with E-state index < -0.39 is 10.8 Å². The Labute approximate surface area is 162 Å². The predicted octanol–water partition coefficient (Wildman–Crippen LogP) is 2.40. The number of aromatic nitrogens is 4. The van der Waals surface area contributed by atoms with Gasteiger partial charge in [0, 0.05) is 30.6 Å². The van der Waals surface area contributed by atoms with Gasteiger partial charge in [-0.25, -0.2) is 9.97 Å². The standard InChI is InChI=1S/C19H17N5O3S/c25-18-12(3-1-7-21-18)4-2-8-22-19(26)14-5-9-20-17-15(14)23-16(24-17)13-6-10-28(27)11-13/h1,3,5-7,9-11H,2,4,8H2,(H,21,25)(H,22,26)(H,20,23,24). The minimum Gasteiger partial charge on any atom is -0.591 e. The minimum atomic E-state index is -1.14. The minimum absolute atomic E-state index is 0.107. The molecule has 0 aromatic carbocycles. The third-order valence-corrected chi connectivity index (χ3v) is 5.23. The number of carbonyl (C=O) groups is 1. The van der Waals surface area contributed by atoms with Gasteiger partial charge in [-0.2, -0.15) is 0 Å². The molecule has 4 aromatic heterocycles. The molecule has 0 aliphatic rings. The fourth-order valence-corrected chi connectivity index (χ4v) is 3.74. The highest BCUT2D eigenvalue weighted by Crippen LogP contribution is 2.26. The number of nitrogens with one attached hydrogen (secondary N) is 3. The highest BCUT2D eigenvalue weighted by atomic mass is 32.2. The fourth-order valence-electron chi connectivity index (χ4n) is 2.94. The summed E-state index contributed by atoms with van der Waals surface area (Å²) in [6.45, 7) is 0.432. The number of pyridine rings is 2. The van der Waals surface area contributed by atoms with Crippen molar-refractivity contribution in [2.75, 3.05) is 6.54 Å². The van der Waals surface area contributed by atoms with Crippen molar-refractivity contribution in [1.29, 1.82) is 0 Å². The second-order valence-corrected chi connectivity index (χ2v) is 7.39. The van der Waals surface area contributed by atoms with Gasteiger partial charge in [-0.1, -0.05) is 16.8 Å². The molecule has 0 fully saturated rings. The highest BCUT2D eigenvalue weighted by Gasteiger charge is 2.16.